The lowest BCUT2D eigenvalue weighted by Gasteiger charge is -2.33. The Labute approximate surface area is 133 Å². The number of benzene rings is 1. The molecule has 2 aromatic rings. The number of ether oxygens (including phenoxy) is 1. The fourth-order valence-corrected chi connectivity index (χ4v) is 2.87. The molecular weight excluding hydrogens is 302 g/mol. The monoisotopic (exact) mass is 322 g/mol. The highest BCUT2D eigenvalue weighted by molar-refractivity contribution is 5.20. The molecule has 2 atom stereocenters. The Morgan fingerprint density at radius 2 is 1.83 bits per heavy atom. The fourth-order valence-electron chi connectivity index (χ4n) is 2.87. The standard InChI is InChI=1S/C10H16N4O.C6H4F2/c11-8-1-9(6-15-5-8)14-3-7-2-12-13-10(7)4-14;7-5-1-2-6(8)4-3-5/h2,8-9H,1,3-6,11H2,(H,12,13);1-4H/t8-,9+;/m0./s1. The van der Waals surface area contributed by atoms with E-state index in [1.807, 2.05) is 6.20 Å². The first kappa shape index (κ1) is 16.0. The van der Waals surface area contributed by atoms with Crippen LogP contribution in [0, 0.1) is 11.6 Å². The lowest BCUT2D eigenvalue weighted by atomic mass is 10.1. The SMILES string of the molecule is Fc1ccc(F)cc1.N[C@@H]1COC[C@H](N2Cc3cn[nH]c3C2)C1. The van der Waals surface area contributed by atoms with Crippen LogP contribution in [0.5, 0.6) is 0 Å². The predicted molar refractivity (Wildman–Crippen MR) is 81.4 cm³/mol. The third-order valence-electron chi connectivity index (χ3n) is 4.08. The molecule has 3 heterocycles. The number of halogens is 2. The number of aromatic amines is 1. The molecule has 0 radical (unpaired) electrons. The molecule has 2 aliphatic rings. The van der Waals surface area contributed by atoms with E-state index < -0.39 is 11.6 Å². The van der Waals surface area contributed by atoms with Crippen molar-refractivity contribution in [1.82, 2.24) is 15.1 Å². The Balaban J connectivity index is 0.000000166. The highest BCUT2D eigenvalue weighted by atomic mass is 19.1. The molecular formula is C16H20F2N4O. The second kappa shape index (κ2) is 7.16. The number of H-pyrrole nitrogens is 1. The van der Waals surface area contributed by atoms with Crippen LogP contribution in [0.3, 0.4) is 0 Å². The summed E-state index contributed by atoms with van der Waals surface area (Å²) >= 11 is 0. The maximum absolute atomic E-state index is 11.9. The maximum atomic E-state index is 11.9. The number of aromatic nitrogens is 2. The van der Waals surface area contributed by atoms with E-state index in [2.05, 4.69) is 15.1 Å². The van der Waals surface area contributed by atoms with Crippen LogP contribution in [0.15, 0.2) is 30.5 Å². The van der Waals surface area contributed by atoms with Crippen molar-refractivity contribution in [2.75, 3.05) is 13.2 Å². The number of hydrogen-bond acceptors (Lipinski definition) is 4. The van der Waals surface area contributed by atoms with E-state index in [1.165, 1.54) is 11.3 Å². The molecule has 3 N–H and O–H groups in total. The van der Waals surface area contributed by atoms with E-state index in [9.17, 15) is 8.78 Å². The molecule has 23 heavy (non-hydrogen) atoms. The van der Waals surface area contributed by atoms with Crippen LogP contribution in [-0.2, 0) is 17.8 Å². The minimum absolute atomic E-state index is 0.195. The number of rotatable bonds is 1. The van der Waals surface area contributed by atoms with E-state index in [-0.39, 0.29) is 6.04 Å². The maximum Gasteiger partial charge on any atom is 0.123 e. The van der Waals surface area contributed by atoms with Gasteiger partial charge >= 0.3 is 0 Å². The highest BCUT2D eigenvalue weighted by Gasteiger charge is 2.30. The van der Waals surface area contributed by atoms with Crippen LogP contribution >= 0.6 is 0 Å². The largest absolute Gasteiger partial charge is 0.378 e. The number of nitrogens with two attached hydrogens (primary N) is 1. The summed E-state index contributed by atoms with van der Waals surface area (Å²) in [5.41, 5.74) is 8.46. The molecule has 1 aromatic heterocycles. The second-order valence-electron chi connectivity index (χ2n) is 5.90. The van der Waals surface area contributed by atoms with Crippen molar-refractivity contribution in [3.8, 4) is 0 Å². The van der Waals surface area contributed by atoms with Crippen molar-refractivity contribution in [2.24, 2.45) is 5.73 Å². The number of nitrogens with zero attached hydrogens (tertiary/aromatic N) is 2. The minimum Gasteiger partial charge on any atom is -0.378 e. The summed E-state index contributed by atoms with van der Waals surface area (Å²) in [5, 5.41) is 7.06. The average Bonchev–Trinajstić information content (AvgIpc) is 3.12. The molecule has 0 spiro atoms. The molecule has 7 heteroatoms. The summed E-state index contributed by atoms with van der Waals surface area (Å²) in [4.78, 5) is 2.42. The molecule has 1 saturated heterocycles. The smallest absolute Gasteiger partial charge is 0.123 e. The van der Waals surface area contributed by atoms with E-state index in [0.29, 0.717) is 12.6 Å². The summed E-state index contributed by atoms with van der Waals surface area (Å²) in [6.45, 7) is 3.45. The highest BCUT2D eigenvalue weighted by Crippen LogP contribution is 2.25. The van der Waals surface area contributed by atoms with Gasteiger partial charge in [-0.15, -0.1) is 0 Å². The Bertz CT molecular complexity index is 590. The molecule has 1 fully saturated rings. The van der Waals surface area contributed by atoms with Gasteiger partial charge < -0.3 is 10.5 Å². The van der Waals surface area contributed by atoms with Gasteiger partial charge in [-0.3, -0.25) is 10.00 Å². The first-order valence-corrected chi connectivity index (χ1v) is 7.61. The molecule has 1 aromatic carbocycles. The summed E-state index contributed by atoms with van der Waals surface area (Å²) in [7, 11) is 0. The first-order valence-electron chi connectivity index (χ1n) is 7.61. The topological polar surface area (TPSA) is 67.2 Å². The van der Waals surface area contributed by atoms with Gasteiger partial charge in [0.2, 0.25) is 0 Å². The third-order valence-corrected chi connectivity index (χ3v) is 4.08. The van der Waals surface area contributed by atoms with Gasteiger partial charge in [0.05, 0.1) is 25.1 Å². The Morgan fingerprint density at radius 1 is 1.13 bits per heavy atom. The van der Waals surface area contributed by atoms with E-state index in [0.717, 1.165) is 50.4 Å². The molecule has 2 aliphatic heterocycles. The van der Waals surface area contributed by atoms with Crippen molar-refractivity contribution < 1.29 is 13.5 Å². The van der Waals surface area contributed by atoms with Gasteiger partial charge in [0.15, 0.2) is 0 Å². The van der Waals surface area contributed by atoms with Gasteiger partial charge in [-0.1, -0.05) is 0 Å². The summed E-state index contributed by atoms with van der Waals surface area (Å²) in [5.74, 6) is -0.821. The van der Waals surface area contributed by atoms with Crippen molar-refractivity contribution >= 4 is 0 Å². The molecule has 0 aliphatic carbocycles. The van der Waals surface area contributed by atoms with Crippen molar-refractivity contribution in [1.29, 1.82) is 0 Å². The molecule has 0 bridgehead atoms. The van der Waals surface area contributed by atoms with Gasteiger partial charge in [0.25, 0.3) is 0 Å². The molecule has 4 rings (SSSR count). The van der Waals surface area contributed by atoms with Crippen molar-refractivity contribution in [2.45, 2.75) is 31.6 Å². The normalized spacial score (nSPS) is 24.0. The van der Waals surface area contributed by atoms with E-state index in [1.54, 1.807) is 0 Å². The van der Waals surface area contributed by atoms with Crippen LogP contribution in [-0.4, -0.2) is 40.4 Å². The van der Waals surface area contributed by atoms with Crippen LogP contribution in [0.1, 0.15) is 17.7 Å². The van der Waals surface area contributed by atoms with Crippen LogP contribution < -0.4 is 5.73 Å². The number of fused-ring (bicyclic) bond motifs is 1. The predicted octanol–water partition coefficient (Wildman–Crippen LogP) is 1.81. The van der Waals surface area contributed by atoms with Gasteiger partial charge in [0.1, 0.15) is 11.6 Å². The molecule has 0 unspecified atom stereocenters. The molecule has 0 amide bonds. The lowest BCUT2D eigenvalue weighted by molar-refractivity contribution is 0.00510. The van der Waals surface area contributed by atoms with Crippen molar-refractivity contribution in [3.63, 3.8) is 0 Å². The quantitative estimate of drug-likeness (QED) is 0.840. The fraction of sp³-hybridized carbons (Fsp3) is 0.438. The van der Waals surface area contributed by atoms with Crippen LogP contribution in [0.2, 0.25) is 0 Å². The Kier molecular flexibility index (Phi) is 5.00. The van der Waals surface area contributed by atoms with Crippen LogP contribution in [0.4, 0.5) is 8.78 Å². The molecule has 5 nitrogen and oxygen atoms in total. The average molecular weight is 322 g/mol. The second-order valence-corrected chi connectivity index (χ2v) is 5.90. The first-order chi connectivity index (χ1) is 11.1. The van der Waals surface area contributed by atoms with E-state index >= 15 is 0 Å². The van der Waals surface area contributed by atoms with Gasteiger partial charge in [-0.05, 0) is 30.7 Å². The van der Waals surface area contributed by atoms with Gasteiger partial charge in [0, 0.05) is 30.7 Å². The number of nitrogens with one attached hydrogen (secondary N) is 1. The van der Waals surface area contributed by atoms with Gasteiger partial charge in [-0.2, -0.15) is 5.10 Å². The summed E-state index contributed by atoms with van der Waals surface area (Å²) in [6, 6.07) is 4.98. The minimum atomic E-state index is -0.411. The van der Waals surface area contributed by atoms with Gasteiger partial charge in [-0.25, -0.2) is 8.78 Å². The lowest BCUT2D eigenvalue weighted by Crippen LogP contribution is -2.46. The zero-order valence-corrected chi connectivity index (χ0v) is 12.7. The molecule has 0 saturated carbocycles. The van der Waals surface area contributed by atoms with E-state index in [4.69, 9.17) is 10.5 Å². The third kappa shape index (κ3) is 4.13. The van der Waals surface area contributed by atoms with Crippen LogP contribution in [0.25, 0.3) is 0 Å². The zero-order chi connectivity index (χ0) is 16.2. The Morgan fingerprint density at radius 3 is 2.43 bits per heavy atom. The Hall–Kier alpha value is -1.83. The zero-order valence-electron chi connectivity index (χ0n) is 12.7. The molecule has 124 valence electrons. The summed E-state index contributed by atoms with van der Waals surface area (Å²) < 4.78 is 29.3. The number of hydrogen-bond donors (Lipinski definition) is 2. The van der Waals surface area contributed by atoms with Crippen molar-refractivity contribution in [3.05, 3.63) is 53.4 Å². The summed E-state index contributed by atoms with van der Waals surface area (Å²) in [6.07, 6.45) is 2.96.